The summed E-state index contributed by atoms with van der Waals surface area (Å²) in [7, 11) is 1.62. The van der Waals surface area contributed by atoms with Crippen LogP contribution >= 0.6 is 0 Å². The number of carbonyl (C=O) groups excluding carboxylic acids is 1. The first-order chi connectivity index (χ1) is 13.5. The summed E-state index contributed by atoms with van der Waals surface area (Å²) in [6.07, 6.45) is 0. The maximum absolute atomic E-state index is 12.2. The molecule has 0 bridgehead atoms. The summed E-state index contributed by atoms with van der Waals surface area (Å²) in [6, 6.07) is 14.3. The number of piperazine rings is 1. The van der Waals surface area contributed by atoms with Crippen LogP contribution in [0.15, 0.2) is 48.5 Å². The van der Waals surface area contributed by atoms with Crippen molar-refractivity contribution in [2.75, 3.05) is 44.7 Å². The molecule has 1 heterocycles. The first kappa shape index (κ1) is 19.6. The Labute approximate surface area is 163 Å². The Morgan fingerprint density at radius 1 is 1.14 bits per heavy atom. The molecule has 3 rings (SSSR count). The van der Waals surface area contributed by atoms with Crippen molar-refractivity contribution >= 4 is 17.3 Å². The zero-order valence-corrected chi connectivity index (χ0v) is 15.8. The number of amides is 1. The normalized spacial score (nSPS) is 14.5. The second-order valence-corrected chi connectivity index (χ2v) is 6.66. The van der Waals surface area contributed by atoms with Crippen LogP contribution in [-0.4, -0.2) is 55.6 Å². The van der Waals surface area contributed by atoms with Crippen molar-refractivity contribution in [1.82, 2.24) is 10.2 Å². The van der Waals surface area contributed by atoms with Gasteiger partial charge in [0.1, 0.15) is 5.75 Å². The fourth-order valence-electron chi connectivity index (χ4n) is 3.17. The standard InChI is InChI=1S/C20H24N4O4/c1-28-19-7-5-16(6-8-19)14-21-20(25)15-22-9-11-23(12-10-22)17-3-2-4-18(13-17)24(26)27/h2-8,13H,9-12,14-15H2,1H3,(H,21,25). The van der Waals surface area contributed by atoms with Crippen molar-refractivity contribution < 1.29 is 14.5 Å². The van der Waals surface area contributed by atoms with Crippen LogP contribution in [0.4, 0.5) is 11.4 Å². The number of non-ortho nitro benzene ring substituents is 1. The van der Waals surface area contributed by atoms with Crippen molar-refractivity contribution in [3.8, 4) is 5.75 Å². The Bertz CT molecular complexity index is 817. The number of nitrogens with zero attached hydrogens (tertiary/aromatic N) is 3. The molecule has 8 nitrogen and oxygen atoms in total. The minimum absolute atomic E-state index is 0.0142. The smallest absolute Gasteiger partial charge is 0.271 e. The molecule has 1 aliphatic heterocycles. The number of rotatable bonds is 7. The molecule has 0 aromatic heterocycles. The molecule has 0 saturated carbocycles. The van der Waals surface area contributed by atoms with E-state index in [1.54, 1.807) is 19.2 Å². The number of nitro groups is 1. The molecule has 8 heteroatoms. The predicted octanol–water partition coefficient (Wildman–Crippen LogP) is 2.04. The van der Waals surface area contributed by atoms with Gasteiger partial charge >= 0.3 is 0 Å². The average molecular weight is 384 g/mol. The Hall–Kier alpha value is -3.13. The lowest BCUT2D eigenvalue weighted by atomic mass is 10.2. The minimum atomic E-state index is -0.382. The third-order valence-electron chi connectivity index (χ3n) is 4.79. The highest BCUT2D eigenvalue weighted by Crippen LogP contribution is 2.22. The summed E-state index contributed by atoms with van der Waals surface area (Å²) in [5.41, 5.74) is 1.96. The molecule has 1 amide bonds. The molecule has 1 saturated heterocycles. The highest BCUT2D eigenvalue weighted by Gasteiger charge is 2.20. The van der Waals surface area contributed by atoms with Crippen LogP contribution < -0.4 is 15.0 Å². The summed E-state index contributed by atoms with van der Waals surface area (Å²) in [5.74, 6) is 0.774. The molecule has 0 spiro atoms. The van der Waals surface area contributed by atoms with Crippen LogP contribution in [0.5, 0.6) is 5.75 Å². The summed E-state index contributed by atoms with van der Waals surface area (Å²) in [4.78, 5) is 27.0. The predicted molar refractivity (Wildman–Crippen MR) is 107 cm³/mol. The number of nitrogens with one attached hydrogen (secondary N) is 1. The summed E-state index contributed by atoms with van der Waals surface area (Å²) < 4.78 is 5.12. The number of nitro benzene ring substituents is 1. The molecule has 28 heavy (non-hydrogen) atoms. The van der Waals surface area contributed by atoms with Crippen LogP contribution in [0.3, 0.4) is 0 Å². The molecule has 0 unspecified atom stereocenters. The first-order valence-corrected chi connectivity index (χ1v) is 9.16. The minimum Gasteiger partial charge on any atom is -0.497 e. The monoisotopic (exact) mass is 384 g/mol. The third kappa shape index (κ3) is 5.20. The maximum atomic E-state index is 12.2. The lowest BCUT2D eigenvalue weighted by Crippen LogP contribution is -2.49. The van der Waals surface area contributed by atoms with Gasteiger partial charge in [-0.1, -0.05) is 18.2 Å². The first-order valence-electron chi connectivity index (χ1n) is 9.16. The largest absolute Gasteiger partial charge is 0.497 e. The summed E-state index contributed by atoms with van der Waals surface area (Å²) in [5, 5.41) is 13.9. The third-order valence-corrected chi connectivity index (χ3v) is 4.79. The second kappa shape index (κ2) is 9.18. The number of methoxy groups -OCH3 is 1. The quantitative estimate of drug-likeness (QED) is 0.581. The van der Waals surface area contributed by atoms with Gasteiger partial charge in [0, 0.05) is 50.5 Å². The molecule has 0 radical (unpaired) electrons. The summed E-state index contributed by atoms with van der Waals surface area (Å²) in [6.45, 7) is 3.76. The molecule has 2 aromatic rings. The van der Waals surface area contributed by atoms with E-state index in [0.29, 0.717) is 13.1 Å². The van der Waals surface area contributed by atoms with Crippen molar-refractivity contribution in [1.29, 1.82) is 0 Å². The molecule has 1 fully saturated rings. The fraction of sp³-hybridized carbons (Fsp3) is 0.350. The van der Waals surface area contributed by atoms with Gasteiger partial charge in [0.2, 0.25) is 5.91 Å². The van der Waals surface area contributed by atoms with Crippen molar-refractivity contribution in [2.24, 2.45) is 0 Å². The van der Waals surface area contributed by atoms with E-state index in [1.165, 1.54) is 6.07 Å². The number of benzene rings is 2. The lowest BCUT2D eigenvalue weighted by molar-refractivity contribution is -0.384. The van der Waals surface area contributed by atoms with Gasteiger partial charge in [0.25, 0.3) is 5.69 Å². The van der Waals surface area contributed by atoms with Crippen LogP contribution in [0.1, 0.15) is 5.56 Å². The van der Waals surface area contributed by atoms with Crippen molar-refractivity contribution in [3.63, 3.8) is 0 Å². The Kier molecular flexibility index (Phi) is 6.44. The van der Waals surface area contributed by atoms with E-state index in [4.69, 9.17) is 4.74 Å². The van der Waals surface area contributed by atoms with Gasteiger partial charge in [-0.3, -0.25) is 19.8 Å². The average Bonchev–Trinajstić information content (AvgIpc) is 2.73. The topological polar surface area (TPSA) is 88.0 Å². The van der Waals surface area contributed by atoms with Gasteiger partial charge in [-0.15, -0.1) is 0 Å². The Balaban J connectivity index is 1.44. The second-order valence-electron chi connectivity index (χ2n) is 6.66. The zero-order chi connectivity index (χ0) is 19.9. The van der Waals surface area contributed by atoms with E-state index in [1.807, 2.05) is 30.3 Å². The van der Waals surface area contributed by atoms with Crippen LogP contribution in [0.2, 0.25) is 0 Å². The van der Waals surface area contributed by atoms with Gasteiger partial charge < -0.3 is 15.0 Å². The van der Waals surface area contributed by atoms with Crippen LogP contribution in [0, 0.1) is 10.1 Å². The summed E-state index contributed by atoms with van der Waals surface area (Å²) >= 11 is 0. The number of hydrogen-bond donors (Lipinski definition) is 1. The van der Waals surface area contributed by atoms with E-state index >= 15 is 0 Å². The van der Waals surface area contributed by atoms with Gasteiger partial charge in [-0.2, -0.15) is 0 Å². The number of hydrogen-bond acceptors (Lipinski definition) is 6. The molecule has 0 aliphatic carbocycles. The zero-order valence-electron chi connectivity index (χ0n) is 15.8. The van der Waals surface area contributed by atoms with Gasteiger partial charge in [0.05, 0.1) is 18.6 Å². The molecular weight excluding hydrogens is 360 g/mol. The van der Waals surface area contributed by atoms with Crippen LogP contribution in [-0.2, 0) is 11.3 Å². The highest BCUT2D eigenvalue weighted by molar-refractivity contribution is 5.78. The van der Waals surface area contributed by atoms with Gasteiger partial charge in [-0.25, -0.2) is 0 Å². The highest BCUT2D eigenvalue weighted by atomic mass is 16.6. The van der Waals surface area contributed by atoms with E-state index in [2.05, 4.69) is 15.1 Å². The van der Waals surface area contributed by atoms with Crippen molar-refractivity contribution in [3.05, 3.63) is 64.2 Å². The molecule has 1 aliphatic rings. The molecule has 2 aromatic carbocycles. The fourth-order valence-corrected chi connectivity index (χ4v) is 3.17. The van der Waals surface area contributed by atoms with Crippen molar-refractivity contribution in [2.45, 2.75) is 6.54 Å². The van der Waals surface area contributed by atoms with E-state index < -0.39 is 0 Å². The van der Waals surface area contributed by atoms with E-state index in [0.717, 1.165) is 43.2 Å². The SMILES string of the molecule is COc1ccc(CNC(=O)CN2CCN(c3cccc([N+](=O)[O-])c3)CC2)cc1. The lowest BCUT2D eigenvalue weighted by Gasteiger charge is -2.35. The molecule has 1 N–H and O–H groups in total. The number of ether oxygens (including phenoxy) is 1. The van der Waals surface area contributed by atoms with Crippen LogP contribution in [0.25, 0.3) is 0 Å². The molecular formula is C20H24N4O4. The number of carbonyl (C=O) groups is 1. The maximum Gasteiger partial charge on any atom is 0.271 e. The van der Waals surface area contributed by atoms with Gasteiger partial charge in [0.15, 0.2) is 0 Å². The Morgan fingerprint density at radius 2 is 1.86 bits per heavy atom. The molecule has 148 valence electrons. The van der Waals surface area contributed by atoms with Gasteiger partial charge in [-0.05, 0) is 23.8 Å². The Morgan fingerprint density at radius 3 is 2.50 bits per heavy atom. The van der Waals surface area contributed by atoms with E-state index in [9.17, 15) is 14.9 Å². The molecule has 0 atom stereocenters. The van der Waals surface area contributed by atoms with E-state index in [-0.39, 0.29) is 16.5 Å². The number of anilines is 1.